The van der Waals surface area contributed by atoms with Gasteiger partial charge in [0.15, 0.2) is 0 Å². The molecule has 1 heterocycles. The van der Waals surface area contributed by atoms with Gasteiger partial charge >= 0.3 is 6.18 Å². The molecule has 1 amide bonds. The number of terminal acetylenes is 1. The van der Waals surface area contributed by atoms with Crippen molar-refractivity contribution in [3.63, 3.8) is 0 Å². The summed E-state index contributed by atoms with van der Waals surface area (Å²) in [4.78, 5) is 17.0. The Morgan fingerprint density at radius 3 is 2.47 bits per heavy atom. The first-order valence-corrected chi connectivity index (χ1v) is 9.27. The molecular weight excluding hydrogens is 393 g/mol. The molecule has 0 bridgehead atoms. The highest BCUT2D eigenvalue weighted by Crippen LogP contribution is 2.31. The molecule has 0 radical (unpaired) electrons. The summed E-state index contributed by atoms with van der Waals surface area (Å²) in [6.45, 7) is 1.67. The Kier molecular flexibility index (Phi) is 6.09. The smallest absolute Gasteiger partial charge is 0.394 e. The topological polar surface area (TPSA) is 62.2 Å². The standard InChI is InChI=1S/C23H19F3N2O2/c1-3-14-11-20(15-5-8-17(9-6-15)23(24,25)26)28-21-12-16(7-10-19(14)21)22(30)27-18(4-2)13-29/h1,5-12,18,29H,4,13H2,2H3,(H,27,30)/t18-/m1/s1. The van der Waals surface area contributed by atoms with Crippen LogP contribution < -0.4 is 5.32 Å². The van der Waals surface area contributed by atoms with Gasteiger partial charge in [0.25, 0.3) is 5.91 Å². The van der Waals surface area contributed by atoms with Crippen LogP contribution in [0, 0.1) is 12.3 Å². The fourth-order valence-electron chi connectivity index (χ4n) is 3.01. The van der Waals surface area contributed by atoms with Gasteiger partial charge in [0, 0.05) is 22.1 Å². The second-order valence-electron chi connectivity index (χ2n) is 6.77. The van der Waals surface area contributed by atoms with E-state index in [1.165, 1.54) is 12.1 Å². The Labute approximate surface area is 171 Å². The highest BCUT2D eigenvalue weighted by atomic mass is 19.4. The summed E-state index contributed by atoms with van der Waals surface area (Å²) in [5, 5.41) is 12.7. The number of hydrogen-bond acceptors (Lipinski definition) is 3. The van der Waals surface area contributed by atoms with E-state index in [-0.39, 0.29) is 18.6 Å². The number of aliphatic hydroxyl groups excluding tert-OH is 1. The Morgan fingerprint density at radius 2 is 1.90 bits per heavy atom. The number of nitrogens with one attached hydrogen (secondary N) is 1. The van der Waals surface area contributed by atoms with Crippen molar-refractivity contribution in [2.24, 2.45) is 0 Å². The van der Waals surface area contributed by atoms with Crippen LogP contribution in [0.2, 0.25) is 0 Å². The van der Waals surface area contributed by atoms with Crippen LogP contribution in [-0.2, 0) is 6.18 Å². The Bertz CT molecular complexity index is 1110. The highest BCUT2D eigenvalue weighted by molar-refractivity contribution is 5.99. The van der Waals surface area contributed by atoms with Crippen LogP contribution in [0.1, 0.15) is 34.8 Å². The van der Waals surface area contributed by atoms with E-state index in [9.17, 15) is 23.1 Å². The van der Waals surface area contributed by atoms with Crippen LogP contribution in [0.4, 0.5) is 13.2 Å². The molecule has 4 nitrogen and oxygen atoms in total. The number of pyridine rings is 1. The molecule has 0 saturated heterocycles. The zero-order valence-corrected chi connectivity index (χ0v) is 16.1. The minimum absolute atomic E-state index is 0.173. The minimum atomic E-state index is -4.42. The van der Waals surface area contributed by atoms with Crippen LogP contribution in [0.3, 0.4) is 0 Å². The largest absolute Gasteiger partial charge is 0.416 e. The van der Waals surface area contributed by atoms with Gasteiger partial charge in [0.2, 0.25) is 0 Å². The van der Waals surface area contributed by atoms with Crippen LogP contribution in [0.15, 0.2) is 48.5 Å². The summed E-state index contributed by atoms with van der Waals surface area (Å²) in [5.41, 5.74) is 1.44. The molecule has 1 atom stereocenters. The van der Waals surface area contributed by atoms with Crippen molar-refractivity contribution in [2.75, 3.05) is 6.61 Å². The van der Waals surface area contributed by atoms with Crippen molar-refractivity contribution in [1.29, 1.82) is 0 Å². The first kappa shape index (κ1) is 21.3. The molecular formula is C23H19F3N2O2. The number of carbonyl (C=O) groups is 1. The van der Waals surface area contributed by atoms with Crippen LogP contribution >= 0.6 is 0 Å². The number of fused-ring (bicyclic) bond motifs is 1. The number of amides is 1. The van der Waals surface area contributed by atoms with Gasteiger partial charge in [-0.1, -0.05) is 31.0 Å². The number of hydrogen-bond donors (Lipinski definition) is 2. The van der Waals surface area contributed by atoms with Crippen molar-refractivity contribution in [3.05, 3.63) is 65.2 Å². The van der Waals surface area contributed by atoms with Crippen molar-refractivity contribution in [3.8, 4) is 23.6 Å². The van der Waals surface area contributed by atoms with E-state index in [0.717, 1.165) is 12.1 Å². The van der Waals surface area contributed by atoms with E-state index in [4.69, 9.17) is 6.42 Å². The SMILES string of the molecule is C#Cc1cc(-c2ccc(C(F)(F)F)cc2)nc2cc(C(=O)N[C@H](CC)CO)ccc12. The van der Waals surface area contributed by atoms with Gasteiger partial charge in [-0.25, -0.2) is 4.98 Å². The summed E-state index contributed by atoms with van der Waals surface area (Å²) in [6, 6.07) is 10.8. The fraction of sp³-hybridized carbons (Fsp3) is 0.217. The summed E-state index contributed by atoms with van der Waals surface area (Å²) >= 11 is 0. The zero-order chi connectivity index (χ0) is 21.9. The van der Waals surface area contributed by atoms with Gasteiger partial charge in [-0.2, -0.15) is 13.2 Å². The molecule has 7 heteroatoms. The van der Waals surface area contributed by atoms with E-state index in [0.29, 0.717) is 39.7 Å². The molecule has 0 aliphatic heterocycles. The molecule has 2 N–H and O–H groups in total. The molecule has 2 aromatic carbocycles. The lowest BCUT2D eigenvalue weighted by Crippen LogP contribution is -2.36. The number of carbonyl (C=O) groups excluding carboxylic acids is 1. The van der Waals surface area contributed by atoms with E-state index in [2.05, 4.69) is 16.2 Å². The average Bonchev–Trinajstić information content (AvgIpc) is 2.75. The number of alkyl halides is 3. The summed E-state index contributed by atoms with van der Waals surface area (Å²) in [5.74, 6) is 2.20. The zero-order valence-electron chi connectivity index (χ0n) is 16.1. The predicted molar refractivity (Wildman–Crippen MR) is 109 cm³/mol. The quantitative estimate of drug-likeness (QED) is 0.611. The van der Waals surface area contributed by atoms with Gasteiger partial charge in [0.05, 0.1) is 29.4 Å². The summed E-state index contributed by atoms with van der Waals surface area (Å²) in [6.07, 6.45) is 1.76. The average molecular weight is 412 g/mol. The summed E-state index contributed by atoms with van der Waals surface area (Å²) < 4.78 is 38.4. The normalized spacial score (nSPS) is 12.4. The maximum Gasteiger partial charge on any atom is 0.416 e. The second-order valence-corrected chi connectivity index (χ2v) is 6.77. The monoisotopic (exact) mass is 412 g/mol. The third kappa shape index (κ3) is 4.44. The molecule has 0 saturated carbocycles. The maximum atomic E-state index is 12.8. The second kappa shape index (κ2) is 8.56. The lowest BCUT2D eigenvalue weighted by molar-refractivity contribution is -0.137. The van der Waals surface area contributed by atoms with Crippen LogP contribution in [0.5, 0.6) is 0 Å². The van der Waals surface area contributed by atoms with Crippen molar-refractivity contribution < 1.29 is 23.1 Å². The first-order valence-electron chi connectivity index (χ1n) is 9.27. The molecule has 0 fully saturated rings. The first-order chi connectivity index (χ1) is 14.3. The van der Waals surface area contributed by atoms with Gasteiger partial charge < -0.3 is 10.4 Å². The number of aromatic nitrogens is 1. The molecule has 0 spiro atoms. The van der Waals surface area contributed by atoms with Crippen LogP contribution in [-0.4, -0.2) is 28.6 Å². The van der Waals surface area contributed by atoms with Gasteiger partial charge in [-0.3, -0.25) is 4.79 Å². The third-order valence-electron chi connectivity index (χ3n) is 4.78. The van der Waals surface area contributed by atoms with E-state index in [1.807, 2.05) is 6.92 Å². The Balaban J connectivity index is 2.03. The number of nitrogens with zero attached hydrogens (tertiary/aromatic N) is 1. The predicted octanol–water partition coefficient (Wildman–Crippen LogP) is 4.40. The van der Waals surface area contributed by atoms with Gasteiger partial charge in [0.1, 0.15) is 0 Å². The van der Waals surface area contributed by atoms with Crippen molar-refractivity contribution in [1.82, 2.24) is 10.3 Å². The summed E-state index contributed by atoms with van der Waals surface area (Å²) in [7, 11) is 0. The molecule has 0 aliphatic rings. The fourth-order valence-corrected chi connectivity index (χ4v) is 3.01. The van der Waals surface area contributed by atoms with Crippen molar-refractivity contribution >= 4 is 16.8 Å². The van der Waals surface area contributed by atoms with Crippen molar-refractivity contribution in [2.45, 2.75) is 25.6 Å². The molecule has 0 aliphatic carbocycles. The maximum absolute atomic E-state index is 12.8. The number of aliphatic hydroxyl groups is 1. The Morgan fingerprint density at radius 1 is 1.20 bits per heavy atom. The number of benzene rings is 2. The number of halogens is 3. The van der Waals surface area contributed by atoms with E-state index < -0.39 is 11.7 Å². The third-order valence-corrected chi connectivity index (χ3v) is 4.78. The molecule has 1 aromatic heterocycles. The molecule has 30 heavy (non-hydrogen) atoms. The van der Waals surface area contributed by atoms with Crippen LogP contribution in [0.25, 0.3) is 22.2 Å². The molecule has 0 unspecified atom stereocenters. The minimum Gasteiger partial charge on any atom is -0.394 e. The Hall–Kier alpha value is -3.37. The molecule has 3 rings (SSSR count). The molecule has 3 aromatic rings. The van der Waals surface area contributed by atoms with E-state index in [1.54, 1.807) is 24.3 Å². The van der Waals surface area contributed by atoms with Gasteiger partial charge in [-0.05, 0) is 36.8 Å². The van der Waals surface area contributed by atoms with E-state index >= 15 is 0 Å². The highest BCUT2D eigenvalue weighted by Gasteiger charge is 2.30. The molecule has 154 valence electrons. The lowest BCUT2D eigenvalue weighted by Gasteiger charge is -2.14. The lowest BCUT2D eigenvalue weighted by atomic mass is 10.0. The van der Waals surface area contributed by atoms with Gasteiger partial charge in [-0.15, -0.1) is 6.42 Å². The number of rotatable bonds is 5.